The molecule has 1 fully saturated rings. The first-order valence-electron chi connectivity index (χ1n) is 6.00. The van der Waals surface area contributed by atoms with Gasteiger partial charge in [-0.2, -0.15) is 0 Å². The molecule has 1 aromatic heterocycles. The maximum absolute atomic E-state index is 11.8. The van der Waals surface area contributed by atoms with Gasteiger partial charge in [0.05, 0.1) is 17.9 Å². The predicted octanol–water partition coefficient (Wildman–Crippen LogP) is 0.477. The molecular formula is C12H18N2O3S. The Morgan fingerprint density at radius 1 is 1.50 bits per heavy atom. The summed E-state index contributed by atoms with van der Waals surface area (Å²) in [5.74, 6) is 0.142. The molecule has 1 amide bonds. The van der Waals surface area contributed by atoms with E-state index >= 15 is 0 Å². The van der Waals surface area contributed by atoms with Crippen molar-refractivity contribution in [3.63, 3.8) is 0 Å². The van der Waals surface area contributed by atoms with Gasteiger partial charge in [-0.05, 0) is 31.9 Å². The molecule has 6 heteroatoms. The molecule has 0 saturated carbocycles. The highest BCUT2D eigenvalue weighted by Crippen LogP contribution is 2.13. The van der Waals surface area contributed by atoms with Crippen LogP contribution in [0.15, 0.2) is 6.07 Å². The third kappa shape index (κ3) is 3.13. The molecule has 1 aliphatic heterocycles. The van der Waals surface area contributed by atoms with Gasteiger partial charge in [0.1, 0.15) is 0 Å². The second-order valence-corrected chi connectivity index (χ2v) is 7.18. The highest BCUT2D eigenvalue weighted by molar-refractivity contribution is 7.91. The van der Waals surface area contributed by atoms with Crippen molar-refractivity contribution < 1.29 is 13.2 Å². The number of nitrogens with one attached hydrogen (secondary N) is 2. The molecule has 1 unspecified atom stereocenters. The van der Waals surface area contributed by atoms with Crippen molar-refractivity contribution in [2.75, 3.05) is 11.5 Å². The van der Waals surface area contributed by atoms with Gasteiger partial charge in [-0.3, -0.25) is 4.79 Å². The van der Waals surface area contributed by atoms with E-state index in [1.165, 1.54) is 0 Å². The summed E-state index contributed by atoms with van der Waals surface area (Å²) in [7, 11) is -2.94. The highest BCUT2D eigenvalue weighted by atomic mass is 32.2. The molecule has 1 aromatic rings. The maximum atomic E-state index is 11.8. The van der Waals surface area contributed by atoms with Crippen LogP contribution in [-0.4, -0.2) is 36.9 Å². The first kappa shape index (κ1) is 13.1. The molecule has 1 aliphatic rings. The summed E-state index contributed by atoms with van der Waals surface area (Å²) >= 11 is 0. The summed E-state index contributed by atoms with van der Waals surface area (Å²) in [6.45, 7) is 3.87. The lowest BCUT2D eigenvalue weighted by atomic mass is 10.1. The normalized spacial score (nSPS) is 22.0. The monoisotopic (exact) mass is 270 g/mol. The molecule has 2 rings (SSSR count). The van der Waals surface area contributed by atoms with Crippen LogP contribution in [0.1, 0.15) is 23.4 Å². The van der Waals surface area contributed by atoms with Crippen molar-refractivity contribution in [1.82, 2.24) is 10.3 Å². The zero-order valence-electron chi connectivity index (χ0n) is 10.6. The highest BCUT2D eigenvalue weighted by Gasteiger charge is 2.28. The summed E-state index contributed by atoms with van der Waals surface area (Å²) in [4.78, 5) is 15.0. The van der Waals surface area contributed by atoms with Crippen LogP contribution >= 0.6 is 0 Å². The lowest BCUT2D eigenvalue weighted by Crippen LogP contribution is -2.36. The van der Waals surface area contributed by atoms with Crippen LogP contribution in [0, 0.1) is 13.8 Å². The summed E-state index contributed by atoms with van der Waals surface area (Å²) in [6, 6.07) is 1.73. The molecule has 1 saturated heterocycles. The number of hydrogen-bond donors (Lipinski definition) is 2. The standard InChI is InChI=1S/C12H18N2O3S/c1-8-5-10(9(2)13-8)6-12(15)14-11-3-4-18(16,17)7-11/h5,11,13H,3-4,6-7H2,1-2H3,(H,14,15). The van der Waals surface area contributed by atoms with Crippen LogP contribution in [-0.2, 0) is 21.1 Å². The molecule has 0 bridgehead atoms. The van der Waals surface area contributed by atoms with Gasteiger partial charge in [0.2, 0.25) is 5.91 Å². The van der Waals surface area contributed by atoms with Gasteiger partial charge in [0, 0.05) is 17.4 Å². The predicted molar refractivity (Wildman–Crippen MR) is 69.2 cm³/mol. The topological polar surface area (TPSA) is 79.0 Å². The van der Waals surface area contributed by atoms with Crippen LogP contribution in [0.5, 0.6) is 0 Å². The minimum Gasteiger partial charge on any atom is -0.362 e. The van der Waals surface area contributed by atoms with Crippen LogP contribution < -0.4 is 5.32 Å². The first-order chi connectivity index (χ1) is 8.35. The largest absolute Gasteiger partial charge is 0.362 e. The number of carbonyl (C=O) groups is 1. The number of hydrogen-bond acceptors (Lipinski definition) is 3. The van der Waals surface area contributed by atoms with E-state index in [1.54, 1.807) is 0 Å². The molecule has 100 valence electrons. The zero-order valence-corrected chi connectivity index (χ0v) is 11.4. The summed E-state index contributed by atoms with van der Waals surface area (Å²) in [5, 5.41) is 2.79. The number of H-pyrrole nitrogens is 1. The van der Waals surface area contributed by atoms with Crippen LogP contribution in [0.3, 0.4) is 0 Å². The van der Waals surface area contributed by atoms with Gasteiger partial charge in [-0.15, -0.1) is 0 Å². The Morgan fingerprint density at radius 3 is 2.72 bits per heavy atom. The molecule has 1 atom stereocenters. The minimum atomic E-state index is -2.94. The lowest BCUT2D eigenvalue weighted by Gasteiger charge is -2.10. The number of rotatable bonds is 3. The van der Waals surface area contributed by atoms with E-state index in [9.17, 15) is 13.2 Å². The van der Waals surface area contributed by atoms with E-state index < -0.39 is 9.84 Å². The number of aryl methyl sites for hydroxylation is 2. The Bertz CT molecular complexity index is 560. The molecular weight excluding hydrogens is 252 g/mol. The van der Waals surface area contributed by atoms with Gasteiger partial charge < -0.3 is 10.3 Å². The second-order valence-electron chi connectivity index (χ2n) is 4.95. The van der Waals surface area contributed by atoms with Gasteiger partial charge in [0.25, 0.3) is 0 Å². The molecule has 0 radical (unpaired) electrons. The second kappa shape index (κ2) is 4.76. The Labute approximate surface area is 107 Å². The van der Waals surface area contributed by atoms with Crippen molar-refractivity contribution in [2.45, 2.75) is 32.7 Å². The third-order valence-corrected chi connectivity index (χ3v) is 4.97. The van der Waals surface area contributed by atoms with Gasteiger partial charge in [-0.25, -0.2) is 8.42 Å². The fraction of sp³-hybridized carbons (Fsp3) is 0.583. The van der Waals surface area contributed by atoms with Gasteiger partial charge in [0.15, 0.2) is 9.84 Å². The molecule has 0 spiro atoms. The van der Waals surface area contributed by atoms with Crippen molar-refractivity contribution in [2.24, 2.45) is 0 Å². The fourth-order valence-corrected chi connectivity index (χ4v) is 4.00. The Morgan fingerprint density at radius 2 is 2.22 bits per heavy atom. The van der Waals surface area contributed by atoms with E-state index in [0.717, 1.165) is 17.0 Å². The van der Waals surface area contributed by atoms with E-state index in [-0.39, 0.29) is 23.5 Å². The number of amides is 1. The third-order valence-electron chi connectivity index (χ3n) is 3.21. The minimum absolute atomic E-state index is 0.0733. The Kier molecular flexibility index (Phi) is 3.47. The SMILES string of the molecule is Cc1cc(CC(=O)NC2CCS(=O)(=O)C2)c(C)[nH]1. The maximum Gasteiger partial charge on any atom is 0.224 e. The molecule has 0 aromatic carbocycles. The van der Waals surface area contributed by atoms with E-state index in [4.69, 9.17) is 0 Å². The fourth-order valence-electron chi connectivity index (χ4n) is 2.33. The van der Waals surface area contributed by atoms with E-state index in [2.05, 4.69) is 10.3 Å². The number of sulfone groups is 1. The first-order valence-corrected chi connectivity index (χ1v) is 7.83. The molecule has 2 N–H and O–H groups in total. The number of carbonyl (C=O) groups excluding carboxylic acids is 1. The lowest BCUT2D eigenvalue weighted by molar-refractivity contribution is -0.121. The van der Waals surface area contributed by atoms with Crippen LogP contribution in [0.2, 0.25) is 0 Å². The van der Waals surface area contributed by atoms with Crippen LogP contribution in [0.4, 0.5) is 0 Å². The average Bonchev–Trinajstić information content (AvgIpc) is 2.70. The summed E-state index contributed by atoms with van der Waals surface area (Å²) in [5.41, 5.74) is 2.98. The number of aromatic amines is 1. The van der Waals surface area contributed by atoms with Gasteiger partial charge >= 0.3 is 0 Å². The van der Waals surface area contributed by atoms with E-state index in [1.807, 2.05) is 19.9 Å². The molecule has 0 aliphatic carbocycles. The van der Waals surface area contributed by atoms with Crippen molar-refractivity contribution in [1.29, 1.82) is 0 Å². The molecule has 18 heavy (non-hydrogen) atoms. The average molecular weight is 270 g/mol. The summed E-state index contributed by atoms with van der Waals surface area (Å²) in [6.07, 6.45) is 0.825. The quantitative estimate of drug-likeness (QED) is 0.838. The van der Waals surface area contributed by atoms with Crippen molar-refractivity contribution >= 4 is 15.7 Å². The van der Waals surface area contributed by atoms with Crippen molar-refractivity contribution in [3.05, 3.63) is 23.0 Å². The Balaban J connectivity index is 1.92. The zero-order chi connectivity index (χ0) is 13.3. The van der Waals surface area contributed by atoms with Gasteiger partial charge in [-0.1, -0.05) is 0 Å². The smallest absolute Gasteiger partial charge is 0.224 e. The van der Waals surface area contributed by atoms with Crippen LogP contribution in [0.25, 0.3) is 0 Å². The van der Waals surface area contributed by atoms with Crippen molar-refractivity contribution in [3.8, 4) is 0 Å². The number of aromatic nitrogens is 1. The molecule has 5 nitrogen and oxygen atoms in total. The summed E-state index contributed by atoms with van der Waals surface area (Å²) < 4.78 is 22.6. The molecule has 2 heterocycles. The Hall–Kier alpha value is -1.30. The van der Waals surface area contributed by atoms with E-state index in [0.29, 0.717) is 12.8 Å².